The van der Waals surface area contributed by atoms with Crippen LogP contribution in [-0.2, 0) is 5.54 Å². The predicted octanol–water partition coefficient (Wildman–Crippen LogP) is 3.70. The van der Waals surface area contributed by atoms with Crippen molar-refractivity contribution in [2.24, 2.45) is 0 Å². The lowest BCUT2D eigenvalue weighted by Crippen LogP contribution is -2.42. The van der Waals surface area contributed by atoms with E-state index in [-0.39, 0.29) is 31.9 Å². The number of carbonyl (C=O) groups excluding carboxylic acids is 1. The zero-order chi connectivity index (χ0) is 23.4. The van der Waals surface area contributed by atoms with Crippen molar-refractivity contribution >= 4 is 5.91 Å². The standard InChI is InChI=1S/C12H14FN3.C9H13N3O3.2CH4/c1-12(2,3)16-8-11(14-15-16)9-5-4-6-10(13)7-9;1-9(2,3)12-7(14)5-4-6(13)11-8(15)10-5;;/h4-8H,1-3H3;4H,1-3H3,(H,12,14)(H2,10,11,13,15);2*1H4. The van der Waals surface area contributed by atoms with Crippen LogP contribution in [0.1, 0.15) is 66.9 Å². The number of H-pyrrole nitrogens is 2. The van der Waals surface area contributed by atoms with Crippen molar-refractivity contribution in [3.63, 3.8) is 0 Å². The lowest BCUT2D eigenvalue weighted by Gasteiger charge is -2.19. The Kier molecular flexibility index (Phi) is 10.1. The van der Waals surface area contributed by atoms with E-state index in [1.54, 1.807) is 31.5 Å². The van der Waals surface area contributed by atoms with Crippen LogP contribution in [0.4, 0.5) is 4.39 Å². The topological polar surface area (TPSA) is 126 Å². The third-order valence-electron chi connectivity index (χ3n) is 3.79. The highest BCUT2D eigenvalue weighted by Gasteiger charge is 2.17. The number of hydrogen-bond acceptors (Lipinski definition) is 5. The van der Waals surface area contributed by atoms with Crippen LogP contribution in [-0.4, -0.2) is 36.4 Å². The molecule has 1 amide bonds. The first-order valence-electron chi connectivity index (χ1n) is 9.59. The van der Waals surface area contributed by atoms with Crippen LogP contribution < -0.4 is 16.6 Å². The van der Waals surface area contributed by atoms with Gasteiger partial charge < -0.3 is 10.3 Å². The number of aromatic amines is 2. The summed E-state index contributed by atoms with van der Waals surface area (Å²) in [6, 6.07) is 7.40. The third-order valence-corrected chi connectivity index (χ3v) is 3.79. The second-order valence-corrected chi connectivity index (χ2v) is 8.94. The van der Waals surface area contributed by atoms with Crippen molar-refractivity contribution in [1.29, 1.82) is 0 Å². The number of benzene rings is 1. The summed E-state index contributed by atoms with van der Waals surface area (Å²) in [5.74, 6) is -0.742. The molecule has 3 rings (SSSR count). The summed E-state index contributed by atoms with van der Waals surface area (Å²) in [7, 11) is 0. The molecule has 0 aliphatic rings. The number of aromatic nitrogens is 5. The minimum Gasteiger partial charge on any atom is -0.346 e. The fraction of sp³-hybridized carbons (Fsp3) is 0.435. The number of nitrogens with one attached hydrogen (secondary N) is 3. The summed E-state index contributed by atoms with van der Waals surface area (Å²) in [5, 5.41) is 10.7. The Labute approximate surface area is 193 Å². The molecule has 0 saturated carbocycles. The maximum atomic E-state index is 13.0. The van der Waals surface area contributed by atoms with E-state index in [9.17, 15) is 18.8 Å². The van der Waals surface area contributed by atoms with Crippen molar-refractivity contribution in [2.75, 3.05) is 0 Å². The summed E-state index contributed by atoms with van der Waals surface area (Å²) in [6.45, 7) is 11.5. The van der Waals surface area contributed by atoms with Crippen molar-refractivity contribution < 1.29 is 9.18 Å². The Hall–Kier alpha value is -3.56. The van der Waals surface area contributed by atoms with E-state index in [1.807, 2.05) is 38.0 Å². The van der Waals surface area contributed by atoms with Gasteiger partial charge in [0.25, 0.3) is 11.5 Å². The Balaban J connectivity index is 0.000000587. The monoisotopic (exact) mass is 462 g/mol. The minimum atomic E-state index is -0.693. The van der Waals surface area contributed by atoms with E-state index >= 15 is 0 Å². The van der Waals surface area contributed by atoms with E-state index < -0.39 is 22.7 Å². The largest absolute Gasteiger partial charge is 0.346 e. The molecule has 2 aromatic heterocycles. The number of hydrogen-bond donors (Lipinski definition) is 3. The Bertz CT molecular complexity index is 1140. The number of amides is 1. The predicted molar refractivity (Wildman–Crippen MR) is 129 cm³/mol. The van der Waals surface area contributed by atoms with Gasteiger partial charge in [0.05, 0.1) is 11.7 Å². The summed E-state index contributed by atoms with van der Waals surface area (Å²) in [5.41, 5.74) is -0.433. The van der Waals surface area contributed by atoms with Gasteiger partial charge in [-0.1, -0.05) is 32.2 Å². The molecule has 0 unspecified atom stereocenters. The van der Waals surface area contributed by atoms with Crippen molar-refractivity contribution in [1.82, 2.24) is 30.3 Å². The summed E-state index contributed by atoms with van der Waals surface area (Å²) < 4.78 is 14.8. The van der Waals surface area contributed by atoms with Gasteiger partial charge in [0.15, 0.2) is 0 Å². The number of nitrogens with zero attached hydrogens (tertiary/aromatic N) is 3. The maximum Gasteiger partial charge on any atom is 0.326 e. The zero-order valence-corrected chi connectivity index (χ0v) is 18.4. The van der Waals surface area contributed by atoms with Gasteiger partial charge in [0.2, 0.25) is 0 Å². The van der Waals surface area contributed by atoms with Gasteiger partial charge in [-0.3, -0.25) is 14.6 Å². The average molecular weight is 463 g/mol. The van der Waals surface area contributed by atoms with E-state index in [2.05, 4.69) is 20.6 Å². The average Bonchev–Trinajstić information content (AvgIpc) is 3.10. The van der Waals surface area contributed by atoms with E-state index in [0.29, 0.717) is 5.69 Å². The van der Waals surface area contributed by atoms with Gasteiger partial charge in [-0.05, 0) is 53.7 Å². The highest BCUT2D eigenvalue weighted by atomic mass is 19.1. The van der Waals surface area contributed by atoms with Crippen LogP contribution in [0, 0.1) is 5.82 Å². The molecular weight excluding hydrogens is 427 g/mol. The summed E-state index contributed by atoms with van der Waals surface area (Å²) in [4.78, 5) is 37.6. The SMILES string of the molecule is C.C.CC(C)(C)NC(=O)c1cc(=O)[nH]c(=O)[nH]1.CC(C)(C)n1cc(-c2cccc(F)c2)nn1. The fourth-order valence-electron chi connectivity index (χ4n) is 2.37. The third kappa shape index (κ3) is 9.22. The van der Waals surface area contributed by atoms with Gasteiger partial charge in [0.1, 0.15) is 17.2 Å². The molecule has 0 aliphatic heterocycles. The minimum absolute atomic E-state index is 0. The van der Waals surface area contributed by atoms with Crippen molar-refractivity contribution in [2.45, 2.75) is 67.5 Å². The summed E-state index contributed by atoms with van der Waals surface area (Å²) in [6.07, 6.45) is 1.83. The molecule has 0 atom stereocenters. The first-order valence-corrected chi connectivity index (χ1v) is 9.59. The van der Waals surface area contributed by atoms with Crippen LogP contribution >= 0.6 is 0 Å². The maximum absolute atomic E-state index is 13.0. The Morgan fingerprint density at radius 1 is 1.03 bits per heavy atom. The van der Waals surface area contributed by atoms with Crippen LogP contribution in [0.5, 0.6) is 0 Å². The first-order chi connectivity index (χ1) is 14.2. The molecule has 0 fully saturated rings. The quantitative estimate of drug-likeness (QED) is 0.535. The normalized spacial score (nSPS) is 10.8. The molecule has 0 aliphatic carbocycles. The van der Waals surface area contributed by atoms with Crippen LogP contribution in [0.2, 0.25) is 0 Å². The molecule has 1 aromatic carbocycles. The molecule has 10 heteroatoms. The number of carbonyl (C=O) groups is 1. The van der Waals surface area contributed by atoms with Gasteiger partial charge >= 0.3 is 5.69 Å². The molecule has 0 bridgehead atoms. The molecule has 3 N–H and O–H groups in total. The van der Waals surface area contributed by atoms with Gasteiger partial charge in [0, 0.05) is 17.2 Å². The van der Waals surface area contributed by atoms with Crippen molar-refractivity contribution in [3.05, 3.63) is 68.9 Å². The van der Waals surface area contributed by atoms with Crippen LogP contribution in [0.15, 0.2) is 46.1 Å². The van der Waals surface area contributed by atoms with Crippen LogP contribution in [0.25, 0.3) is 11.3 Å². The van der Waals surface area contributed by atoms with Gasteiger partial charge in [-0.25, -0.2) is 13.9 Å². The molecule has 9 nitrogen and oxygen atoms in total. The van der Waals surface area contributed by atoms with Gasteiger partial charge in [-0.2, -0.15) is 0 Å². The smallest absolute Gasteiger partial charge is 0.326 e. The lowest BCUT2D eigenvalue weighted by atomic mass is 10.1. The second kappa shape index (κ2) is 11.3. The Morgan fingerprint density at radius 2 is 1.67 bits per heavy atom. The highest BCUT2D eigenvalue weighted by Crippen LogP contribution is 2.20. The van der Waals surface area contributed by atoms with E-state index in [4.69, 9.17) is 0 Å². The molecule has 182 valence electrons. The molecule has 0 saturated heterocycles. The molecule has 0 radical (unpaired) electrons. The molecule has 3 aromatic rings. The second-order valence-electron chi connectivity index (χ2n) is 8.94. The lowest BCUT2D eigenvalue weighted by molar-refractivity contribution is 0.0913. The van der Waals surface area contributed by atoms with Crippen molar-refractivity contribution in [3.8, 4) is 11.3 Å². The molecular formula is C23H35FN6O3. The first kappa shape index (κ1) is 29.4. The number of rotatable bonds is 2. The highest BCUT2D eigenvalue weighted by molar-refractivity contribution is 5.92. The van der Waals surface area contributed by atoms with E-state index in [1.165, 1.54) is 12.1 Å². The zero-order valence-electron chi connectivity index (χ0n) is 18.4. The Morgan fingerprint density at radius 3 is 2.15 bits per heavy atom. The number of halogens is 1. The molecule has 0 spiro atoms. The van der Waals surface area contributed by atoms with Crippen LogP contribution in [0.3, 0.4) is 0 Å². The summed E-state index contributed by atoms with van der Waals surface area (Å²) >= 11 is 0. The van der Waals surface area contributed by atoms with E-state index in [0.717, 1.165) is 11.6 Å². The molecule has 2 heterocycles. The fourth-order valence-corrected chi connectivity index (χ4v) is 2.37. The molecule has 33 heavy (non-hydrogen) atoms. The van der Waals surface area contributed by atoms with Gasteiger partial charge in [-0.15, -0.1) is 5.10 Å².